The van der Waals surface area contributed by atoms with Gasteiger partial charge in [-0.25, -0.2) is 4.79 Å². The Bertz CT molecular complexity index is 674. The summed E-state index contributed by atoms with van der Waals surface area (Å²) in [5.41, 5.74) is 0.752. The highest BCUT2D eigenvalue weighted by atomic mass is 16.5. The predicted molar refractivity (Wildman–Crippen MR) is 75.5 cm³/mol. The summed E-state index contributed by atoms with van der Waals surface area (Å²) in [4.78, 5) is 21.9. The number of rotatable bonds is 5. The fraction of sp³-hybridized carbons (Fsp3) is 0.200. The summed E-state index contributed by atoms with van der Waals surface area (Å²) in [5.74, 6) is 0.116. The third-order valence-corrected chi connectivity index (χ3v) is 2.73. The van der Waals surface area contributed by atoms with Crippen LogP contribution in [-0.2, 0) is 11.4 Å². The number of carbonyl (C=O) groups is 2. The Kier molecular flexibility index (Phi) is 4.27. The number of amides is 1. The molecule has 0 spiro atoms. The van der Waals surface area contributed by atoms with Crippen LogP contribution in [0.1, 0.15) is 28.8 Å². The maximum Gasteiger partial charge on any atom is 0.339 e. The number of carbonyl (C=O) groups excluding carboxylic acids is 1. The molecular weight excluding hydrogens is 274 g/mol. The van der Waals surface area contributed by atoms with Gasteiger partial charge in [-0.2, -0.15) is 0 Å². The molecular formula is C15H15NO5. The molecule has 0 fully saturated rings. The van der Waals surface area contributed by atoms with Crippen molar-refractivity contribution in [2.24, 2.45) is 0 Å². The lowest BCUT2D eigenvalue weighted by Gasteiger charge is -2.07. The fourth-order valence-electron chi connectivity index (χ4n) is 1.85. The Morgan fingerprint density at radius 1 is 1.33 bits per heavy atom. The lowest BCUT2D eigenvalue weighted by atomic mass is 10.2. The van der Waals surface area contributed by atoms with Crippen molar-refractivity contribution in [2.45, 2.75) is 20.5 Å². The van der Waals surface area contributed by atoms with Crippen molar-refractivity contribution in [3.05, 3.63) is 47.4 Å². The van der Waals surface area contributed by atoms with Crippen LogP contribution in [0.4, 0.5) is 5.69 Å². The first-order valence-electron chi connectivity index (χ1n) is 6.29. The number of furan rings is 1. The number of carboxylic acid groups (broad SMARTS) is 1. The molecule has 1 heterocycles. The minimum Gasteiger partial charge on any atom is -0.486 e. The van der Waals surface area contributed by atoms with Gasteiger partial charge in [-0.3, -0.25) is 4.79 Å². The molecule has 0 radical (unpaired) electrons. The quantitative estimate of drug-likeness (QED) is 0.883. The maximum atomic E-state index is 11.0. The zero-order chi connectivity index (χ0) is 15.4. The van der Waals surface area contributed by atoms with Crippen LogP contribution in [0, 0.1) is 6.92 Å². The van der Waals surface area contributed by atoms with E-state index in [4.69, 9.17) is 14.3 Å². The summed E-state index contributed by atoms with van der Waals surface area (Å²) in [5, 5.41) is 11.6. The Hall–Kier alpha value is -2.76. The molecule has 0 saturated carbocycles. The van der Waals surface area contributed by atoms with E-state index in [0.717, 1.165) is 0 Å². The van der Waals surface area contributed by atoms with E-state index in [1.54, 1.807) is 31.2 Å². The van der Waals surface area contributed by atoms with Crippen molar-refractivity contribution in [3.63, 3.8) is 0 Å². The average Bonchev–Trinajstić information content (AvgIpc) is 2.77. The SMILES string of the molecule is CC(=O)Nc1cccc(OCc2cc(C(=O)O)c(C)o2)c1. The van der Waals surface area contributed by atoms with Gasteiger partial charge in [0.1, 0.15) is 29.4 Å². The van der Waals surface area contributed by atoms with Crippen molar-refractivity contribution in [1.82, 2.24) is 0 Å². The van der Waals surface area contributed by atoms with E-state index >= 15 is 0 Å². The highest BCUT2D eigenvalue weighted by Gasteiger charge is 2.13. The minimum atomic E-state index is -1.03. The number of hydrogen-bond donors (Lipinski definition) is 2. The second-order valence-electron chi connectivity index (χ2n) is 4.49. The van der Waals surface area contributed by atoms with Gasteiger partial charge in [-0.1, -0.05) is 6.07 Å². The normalized spacial score (nSPS) is 10.2. The van der Waals surface area contributed by atoms with Gasteiger partial charge >= 0.3 is 5.97 Å². The molecule has 110 valence electrons. The molecule has 21 heavy (non-hydrogen) atoms. The van der Waals surface area contributed by atoms with Crippen molar-refractivity contribution in [2.75, 3.05) is 5.32 Å². The third kappa shape index (κ3) is 3.85. The first-order valence-corrected chi connectivity index (χ1v) is 6.29. The van der Waals surface area contributed by atoms with Crippen LogP contribution in [-0.4, -0.2) is 17.0 Å². The number of carboxylic acids is 1. The van der Waals surface area contributed by atoms with Crippen molar-refractivity contribution < 1.29 is 23.8 Å². The summed E-state index contributed by atoms with van der Waals surface area (Å²) in [6.45, 7) is 3.12. The van der Waals surface area contributed by atoms with Gasteiger partial charge in [0.05, 0.1) is 0 Å². The number of ether oxygens (including phenoxy) is 1. The molecule has 6 heteroatoms. The van der Waals surface area contributed by atoms with Crippen molar-refractivity contribution in [1.29, 1.82) is 0 Å². The van der Waals surface area contributed by atoms with Crippen LogP contribution in [0.3, 0.4) is 0 Å². The largest absolute Gasteiger partial charge is 0.486 e. The van der Waals surface area contributed by atoms with E-state index in [9.17, 15) is 9.59 Å². The molecule has 1 amide bonds. The highest BCUT2D eigenvalue weighted by molar-refractivity contribution is 5.89. The van der Waals surface area contributed by atoms with E-state index < -0.39 is 5.97 Å². The van der Waals surface area contributed by atoms with E-state index in [1.165, 1.54) is 13.0 Å². The van der Waals surface area contributed by atoms with Crippen LogP contribution in [0.2, 0.25) is 0 Å². The van der Waals surface area contributed by atoms with Crippen LogP contribution in [0.25, 0.3) is 0 Å². The van der Waals surface area contributed by atoms with Crippen LogP contribution in [0.5, 0.6) is 5.75 Å². The molecule has 1 aromatic heterocycles. The lowest BCUT2D eigenvalue weighted by Crippen LogP contribution is -2.05. The Morgan fingerprint density at radius 3 is 2.71 bits per heavy atom. The summed E-state index contributed by atoms with van der Waals surface area (Å²) >= 11 is 0. The number of anilines is 1. The molecule has 6 nitrogen and oxygen atoms in total. The molecule has 0 bridgehead atoms. The monoisotopic (exact) mass is 289 g/mol. The van der Waals surface area contributed by atoms with Crippen LogP contribution in [0.15, 0.2) is 34.7 Å². The smallest absolute Gasteiger partial charge is 0.339 e. The number of hydrogen-bond acceptors (Lipinski definition) is 4. The molecule has 2 aromatic rings. The van der Waals surface area contributed by atoms with Gasteiger partial charge in [0.25, 0.3) is 0 Å². The van der Waals surface area contributed by atoms with Gasteiger partial charge in [-0.15, -0.1) is 0 Å². The first-order chi connectivity index (χ1) is 9.95. The first kappa shape index (κ1) is 14.6. The predicted octanol–water partition coefficient (Wildman–Crippen LogP) is 2.82. The molecule has 2 N–H and O–H groups in total. The number of aryl methyl sites for hydroxylation is 1. The molecule has 1 aromatic carbocycles. The molecule has 0 unspecified atom stereocenters. The van der Waals surface area contributed by atoms with Gasteiger partial charge in [-0.05, 0) is 25.1 Å². The summed E-state index contributed by atoms with van der Waals surface area (Å²) < 4.78 is 10.8. The zero-order valence-corrected chi connectivity index (χ0v) is 11.7. The van der Waals surface area contributed by atoms with Gasteiger partial charge < -0.3 is 19.6 Å². The van der Waals surface area contributed by atoms with Gasteiger partial charge in [0.2, 0.25) is 5.91 Å². The van der Waals surface area contributed by atoms with Gasteiger partial charge in [0.15, 0.2) is 0 Å². The molecule has 2 rings (SSSR count). The Labute approximate surface area is 121 Å². The standard InChI is InChI=1S/C15H15NO5/c1-9-14(15(18)19)7-13(21-9)8-20-12-5-3-4-11(6-12)16-10(2)17/h3-7H,8H2,1-2H3,(H,16,17)(H,18,19). The highest BCUT2D eigenvalue weighted by Crippen LogP contribution is 2.20. The van der Waals surface area contributed by atoms with Gasteiger partial charge in [0, 0.05) is 18.7 Å². The zero-order valence-electron chi connectivity index (χ0n) is 11.7. The number of nitrogens with one attached hydrogen (secondary N) is 1. The molecule has 0 aliphatic heterocycles. The van der Waals surface area contributed by atoms with E-state index in [2.05, 4.69) is 5.32 Å². The van der Waals surface area contributed by atoms with Crippen molar-refractivity contribution in [3.8, 4) is 5.75 Å². The summed E-state index contributed by atoms with van der Waals surface area (Å²) in [6, 6.07) is 8.34. The topological polar surface area (TPSA) is 88.8 Å². The second-order valence-corrected chi connectivity index (χ2v) is 4.49. The van der Waals surface area contributed by atoms with E-state index in [-0.39, 0.29) is 18.1 Å². The third-order valence-electron chi connectivity index (χ3n) is 2.73. The Morgan fingerprint density at radius 2 is 2.10 bits per heavy atom. The minimum absolute atomic E-state index is 0.109. The fourth-order valence-corrected chi connectivity index (χ4v) is 1.85. The average molecular weight is 289 g/mol. The molecule has 0 atom stereocenters. The van der Waals surface area contributed by atoms with Crippen LogP contribution >= 0.6 is 0 Å². The lowest BCUT2D eigenvalue weighted by molar-refractivity contribution is -0.114. The maximum absolute atomic E-state index is 11.0. The summed E-state index contributed by atoms with van der Waals surface area (Å²) in [6.07, 6.45) is 0. The number of aromatic carboxylic acids is 1. The van der Waals surface area contributed by atoms with Crippen molar-refractivity contribution >= 4 is 17.6 Å². The molecule has 0 aliphatic rings. The molecule has 0 aliphatic carbocycles. The number of benzene rings is 1. The van der Waals surface area contributed by atoms with E-state index in [0.29, 0.717) is 23.0 Å². The van der Waals surface area contributed by atoms with E-state index in [1.807, 2.05) is 0 Å². The second kappa shape index (κ2) is 6.13. The molecule has 0 saturated heterocycles. The summed E-state index contributed by atoms with van der Waals surface area (Å²) in [7, 11) is 0. The Balaban J connectivity index is 2.04. The van der Waals surface area contributed by atoms with Crippen LogP contribution < -0.4 is 10.1 Å².